The number of thiophene rings is 1. The van der Waals surface area contributed by atoms with Crippen molar-refractivity contribution in [3.8, 4) is 0 Å². The highest BCUT2D eigenvalue weighted by molar-refractivity contribution is 7.16. The SMILES string of the molecule is Cc1sc(NC(=O)N2CCCC(C)(C)C2)c(C(=O)O)c1C. The molecule has 2 amide bonds. The summed E-state index contributed by atoms with van der Waals surface area (Å²) in [5, 5.41) is 12.5. The Morgan fingerprint density at radius 3 is 2.57 bits per heavy atom. The summed E-state index contributed by atoms with van der Waals surface area (Å²) in [6.45, 7) is 9.36. The molecule has 0 bridgehead atoms. The van der Waals surface area contributed by atoms with E-state index in [4.69, 9.17) is 0 Å². The van der Waals surface area contributed by atoms with Crippen LogP contribution in [0.25, 0.3) is 0 Å². The Bertz CT molecular complexity index is 578. The Labute approximate surface area is 129 Å². The van der Waals surface area contributed by atoms with Crippen LogP contribution in [0.15, 0.2) is 0 Å². The Balaban J connectivity index is 2.17. The number of carboxylic acids is 1. The number of likely N-dealkylation sites (tertiary alicyclic amines) is 1. The van der Waals surface area contributed by atoms with Crippen LogP contribution < -0.4 is 5.32 Å². The molecule has 1 saturated heterocycles. The lowest BCUT2D eigenvalue weighted by molar-refractivity contribution is 0.0697. The molecule has 2 N–H and O–H groups in total. The third-order valence-electron chi connectivity index (χ3n) is 4.01. The van der Waals surface area contributed by atoms with E-state index in [1.165, 1.54) is 11.3 Å². The Morgan fingerprint density at radius 2 is 2.00 bits per heavy atom. The van der Waals surface area contributed by atoms with Gasteiger partial charge in [0.25, 0.3) is 0 Å². The Hall–Kier alpha value is -1.56. The number of piperidine rings is 1. The monoisotopic (exact) mass is 310 g/mol. The molecule has 0 unspecified atom stereocenters. The van der Waals surface area contributed by atoms with Crippen LogP contribution in [0.4, 0.5) is 9.80 Å². The molecular weight excluding hydrogens is 288 g/mol. The maximum Gasteiger partial charge on any atom is 0.338 e. The van der Waals surface area contributed by atoms with Crippen molar-refractivity contribution in [3.05, 3.63) is 16.0 Å². The lowest BCUT2D eigenvalue weighted by Gasteiger charge is -2.37. The first-order valence-corrected chi connectivity index (χ1v) is 7.92. The Kier molecular flexibility index (Phi) is 4.27. The van der Waals surface area contributed by atoms with Crippen LogP contribution in [0, 0.1) is 19.3 Å². The van der Waals surface area contributed by atoms with Crippen LogP contribution in [0.1, 0.15) is 47.5 Å². The molecule has 5 nitrogen and oxygen atoms in total. The van der Waals surface area contributed by atoms with Gasteiger partial charge >= 0.3 is 12.0 Å². The van der Waals surface area contributed by atoms with E-state index in [1.807, 2.05) is 6.92 Å². The van der Waals surface area contributed by atoms with Gasteiger partial charge in [-0.2, -0.15) is 0 Å². The highest BCUT2D eigenvalue weighted by Crippen LogP contribution is 2.33. The maximum atomic E-state index is 12.4. The minimum atomic E-state index is -0.994. The second-order valence-electron chi connectivity index (χ2n) is 6.41. The van der Waals surface area contributed by atoms with Gasteiger partial charge in [0, 0.05) is 18.0 Å². The van der Waals surface area contributed by atoms with E-state index < -0.39 is 5.97 Å². The van der Waals surface area contributed by atoms with Gasteiger partial charge in [-0.25, -0.2) is 9.59 Å². The number of carbonyl (C=O) groups excluding carboxylic acids is 1. The van der Waals surface area contributed by atoms with Gasteiger partial charge < -0.3 is 10.0 Å². The molecule has 0 aliphatic carbocycles. The summed E-state index contributed by atoms with van der Waals surface area (Å²) < 4.78 is 0. The van der Waals surface area contributed by atoms with Crippen molar-refractivity contribution in [1.29, 1.82) is 0 Å². The molecular formula is C15H22N2O3S. The van der Waals surface area contributed by atoms with Gasteiger partial charge in [-0.1, -0.05) is 13.8 Å². The topological polar surface area (TPSA) is 69.6 Å². The van der Waals surface area contributed by atoms with E-state index in [9.17, 15) is 14.7 Å². The molecule has 0 aromatic carbocycles. The molecule has 1 aliphatic heterocycles. The fourth-order valence-electron chi connectivity index (χ4n) is 2.75. The van der Waals surface area contributed by atoms with E-state index in [1.54, 1.807) is 11.8 Å². The van der Waals surface area contributed by atoms with E-state index in [2.05, 4.69) is 19.2 Å². The van der Waals surface area contributed by atoms with E-state index in [-0.39, 0.29) is 17.0 Å². The maximum absolute atomic E-state index is 12.4. The minimum Gasteiger partial charge on any atom is -0.478 e. The summed E-state index contributed by atoms with van der Waals surface area (Å²) in [6, 6.07) is -0.202. The highest BCUT2D eigenvalue weighted by Gasteiger charge is 2.30. The van der Waals surface area contributed by atoms with Crippen molar-refractivity contribution >= 4 is 28.3 Å². The predicted molar refractivity (Wildman–Crippen MR) is 84.4 cm³/mol. The van der Waals surface area contributed by atoms with E-state index >= 15 is 0 Å². The zero-order valence-corrected chi connectivity index (χ0v) is 13.8. The van der Waals surface area contributed by atoms with Gasteiger partial charge in [0.2, 0.25) is 0 Å². The first-order chi connectivity index (χ1) is 9.71. The highest BCUT2D eigenvalue weighted by atomic mass is 32.1. The predicted octanol–water partition coefficient (Wildman–Crippen LogP) is 3.72. The van der Waals surface area contributed by atoms with Crippen LogP contribution in [-0.4, -0.2) is 35.1 Å². The molecule has 21 heavy (non-hydrogen) atoms. The van der Waals surface area contributed by atoms with Gasteiger partial charge in [0.05, 0.1) is 5.56 Å². The molecule has 1 aromatic heterocycles. The normalized spacial score (nSPS) is 17.6. The van der Waals surface area contributed by atoms with Crippen LogP contribution in [0.2, 0.25) is 0 Å². The van der Waals surface area contributed by atoms with Gasteiger partial charge in [-0.3, -0.25) is 5.32 Å². The van der Waals surface area contributed by atoms with Crippen molar-refractivity contribution in [2.75, 3.05) is 18.4 Å². The number of aromatic carboxylic acids is 1. The summed E-state index contributed by atoms with van der Waals surface area (Å²) in [4.78, 5) is 26.4. The zero-order valence-electron chi connectivity index (χ0n) is 12.9. The number of anilines is 1. The van der Waals surface area contributed by atoms with Crippen molar-refractivity contribution in [2.24, 2.45) is 5.41 Å². The number of carboxylic acid groups (broad SMARTS) is 1. The largest absolute Gasteiger partial charge is 0.478 e. The molecule has 6 heteroatoms. The zero-order chi connectivity index (χ0) is 15.8. The number of nitrogens with zero attached hydrogens (tertiary/aromatic N) is 1. The fourth-order valence-corrected chi connectivity index (χ4v) is 3.79. The quantitative estimate of drug-likeness (QED) is 0.874. The summed E-state index contributed by atoms with van der Waals surface area (Å²) in [6.07, 6.45) is 2.09. The van der Waals surface area contributed by atoms with Gasteiger partial charge in [0.15, 0.2) is 0 Å². The third kappa shape index (κ3) is 3.37. The van der Waals surface area contributed by atoms with Crippen molar-refractivity contribution < 1.29 is 14.7 Å². The molecule has 0 radical (unpaired) electrons. The number of urea groups is 1. The molecule has 1 aliphatic rings. The van der Waals surface area contributed by atoms with Crippen molar-refractivity contribution in [3.63, 3.8) is 0 Å². The standard InChI is InChI=1S/C15H22N2O3S/c1-9-10(2)21-12(11(9)13(18)19)16-14(20)17-7-5-6-15(3,4)8-17/h5-8H2,1-4H3,(H,16,20)(H,18,19). The number of amides is 2. The van der Waals surface area contributed by atoms with Gasteiger partial charge in [-0.05, 0) is 37.7 Å². The lowest BCUT2D eigenvalue weighted by atomic mass is 9.84. The number of hydrogen-bond donors (Lipinski definition) is 2. The smallest absolute Gasteiger partial charge is 0.338 e. The minimum absolute atomic E-state index is 0.118. The summed E-state index contributed by atoms with van der Waals surface area (Å²) in [5.41, 5.74) is 1.05. The second kappa shape index (κ2) is 5.67. The van der Waals surface area contributed by atoms with E-state index in [0.29, 0.717) is 11.5 Å². The van der Waals surface area contributed by atoms with Gasteiger partial charge in [0.1, 0.15) is 5.00 Å². The number of hydrogen-bond acceptors (Lipinski definition) is 3. The van der Waals surface area contributed by atoms with E-state index in [0.717, 1.165) is 29.8 Å². The number of carbonyl (C=O) groups is 2. The summed E-state index contributed by atoms with van der Waals surface area (Å²) in [5.74, 6) is -0.994. The average molecular weight is 310 g/mol. The second-order valence-corrected chi connectivity index (χ2v) is 7.64. The molecule has 0 spiro atoms. The molecule has 2 heterocycles. The first-order valence-electron chi connectivity index (χ1n) is 7.10. The molecule has 1 fully saturated rings. The summed E-state index contributed by atoms with van der Waals surface area (Å²) in [7, 11) is 0. The molecule has 0 atom stereocenters. The number of nitrogens with one attached hydrogen (secondary N) is 1. The molecule has 2 rings (SSSR count). The molecule has 116 valence electrons. The van der Waals surface area contributed by atoms with Gasteiger partial charge in [-0.15, -0.1) is 11.3 Å². The number of rotatable bonds is 2. The third-order valence-corrected chi connectivity index (χ3v) is 5.13. The van der Waals surface area contributed by atoms with Crippen LogP contribution in [0.3, 0.4) is 0 Å². The van der Waals surface area contributed by atoms with Crippen molar-refractivity contribution in [2.45, 2.75) is 40.5 Å². The van der Waals surface area contributed by atoms with Crippen LogP contribution >= 0.6 is 11.3 Å². The first kappa shape index (κ1) is 15.8. The average Bonchev–Trinajstić information content (AvgIpc) is 2.63. The number of aryl methyl sites for hydroxylation is 1. The lowest BCUT2D eigenvalue weighted by Crippen LogP contribution is -2.45. The fraction of sp³-hybridized carbons (Fsp3) is 0.600. The van der Waals surface area contributed by atoms with Crippen LogP contribution in [0.5, 0.6) is 0 Å². The summed E-state index contributed by atoms with van der Waals surface area (Å²) >= 11 is 1.32. The molecule has 0 saturated carbocycles. The molecule has 1 aromatic rings. The van der Waals surface area contributed by atoms with Crippen LogP contribution in [-0.2, 0) is 0 Å². The Morgan fingerprint density at radius 1 is 1.33 bits per heavy atom. The van der Waals surface area contributed by atoms with Crippen molar-refractivity contribution in [1.82, 2.24) is 4.90 Å².